The van der Waals surface area contributed by atoms with Crippen molar-refractivity contribution < 1.29 is 4.39 Å². The van der Waals surface area contributed by atoms with Crippen LogP contribution in [0.25, 0.3) is 10.6 Å². The zero-order valence-electron chi connectivity index (χ0n) is 9.57. The monoisotopic (exact) mass is 336 g/mol. The third kappa shape index (κ3) is 3.01. The van der Waals surface area contributed by atoms with Crippen LogP contribution < -0.4 is 0 Å². The summed E-state index contributed by atoms with van der Waals surface area (Å²) in [7, 11) is 0. The van der Waals surface area contributed by atoms with Crippen LogP contribution in [0, 0.1) is 17.1 Å². The molecule has 2 aromatic rings. The van der Waals surface area contributed by atoms with E-state index in [4.69, 9.17) is 11.6 Å². The molecule has 0 radical (unpaired) electrons. The standard InChI is InChI=1S/C14H7BrClFN2/c15-10-1-2-11(13(17)7-10)14(16)12(8-18)9-3-5-19-6-4-9/h1-7H/b14-12+. The number of halogens is 3. The largest absolute Gasteiger partial charge is 0.265 e. The number of rotatable bonds is 2. The topological polar surface area (TPSA) is 36.7 Å². The van der Waals surface area contributed by atoms with Crippen molar-refractivity contribution >= 4 is 38.1 Å². The minimum absolute atomic E-state index is 0.0821. The highest BCUT2D eigenvalue weighted by Crippen LogP contribution is 2.31. The summed E-state index contributed by atoms with van der Waals surface area (Å²) in [5, 5.41) is 9.29. The van der Waals surface area contributed by atoms with Crippen LogP contribution >= 0.6 is 27.5 Å². The summed E-state index contributed by atoms with van der Waals surface area (Å²) in [5.74, 6) is -0.485. The second-order valence-electron chi connectivity index (χ2n) is 3.66. The van der Waals surface area contributed by atoms with Crippen LogP contribution in [0.5, 0.6) is 0 Å². The summed E-state index contributed by atoms with van der Waals surface area (Å²) < 4.78 is 14.5. The first-order chi connectivity index (χ1) is 9.13. The summed E-state index contributed by atoms with van der Waals surface area (Å²) in [5.41, 5.74) is 1.01. The molecule has 0 saturated heterocycles. The molecule has 1 aromatic carbocycles. The molecule has 0 aliphatic heterocycles. The van der Waals surface area contributed by atoms with Crippen molar-refractivity contribution in [3.8, 4) is 6.07 Å². The number of nitrogens with zero attached hydrogens (tertiary/aromatic N) is 2. The minimum atomic E-state index is -0.485. The highest BCUT2D eigenvalue weighted by atomic mass is 79.9. The molecule has 0 N–H and O–H groups in total. The molecular formula is C14H7BrClFN2. The lowest BCUT2D eigenvalue weighted by molar-refractivity contribution is 0.624. The number of hydrogen-bond donors (Lipinski definition) is 0. The van der Waals surface area contributed by atoms with Crippen LogP contribution in [0.15, 0.2) is 47.2 Å². The van der Waals surface area contributed by atoms with Crippen LogP contribution in [-0.4, -0.2) is 4.98 Å². The summed E-state index contributed by atoms with van der Waals surface area (Å²) in [6.45, 7) is 0. The van der Waals surface area contributed by atoms with Gasteiger partial charge in [0.1, 0.15) is 11.9 Å². The first-order valence-corrected chi connectivity index (χ1v) is 6.46. The lowest BCUT2D eigenvalue weighted by Crippen LogP contribution is -1.90. The lowest BCUT2D eigenvalue weighted by Gasteiger charge is -2.06. The Morgan fingerprint density at radius 3 is 2.53 bits per heavy atom. The average Bonchev–Trinajstić information content (AvgIpc) is 2.40. The maximum absolute atomic E-state index is 13.8. The molecule has 0 amide bonds. The van der Waals surface area contributed by atoms with Gasteiger partial charge in [0.05, 0.1) is 10.6 Å². The number of hydrogen-bond acceptors (Lipinski definition) is 2. The maximum Gasteiger partial charge on any atom is 0.133 e. The van der Waals surface area contributed by atoms with E-state index in [0.29, 0.717) is 10.0 Å². The Morgan fingerprint density at radius 1 is 1.26 bits per heavy atom. The number of allylic oxidation sites excluding steroid dienone is 1. The molecule has 5 heteroatoms. The highest BCUT2D eigenvalue weighted by molar-refractivity contribution is 9.10. The summed E-state index contributed by atoms with van der Waals surface area (Å²) in [4.78, 5) is 3.87. The molecule has 0 saturated carbocycles. The predicted molar refractivity (Wildman–Crippen MR) is 76.6 cm³/mol. The van der Waals surface area contributed by atoms with Crippen molar-refractivity contribution in [2.75, 3.05) is 0 Å². The SMILES string of the molecule is N#C/C(=C(\Cl)c1ccc(Br)cc1F)c1ccncc1. The molecule has 0 fully saturated rings. The second-order valence-corrected chi connectivity index (χ2v) is 4.95. The van der Waals surface area contributed by atoms with E-state index >= 15 is 0 Å². The molecule has 1 heterocycles. The van der Waals surface area contributed by atoms with Gasteiger partial charge in [-0.05, 0) is 35.9 Å². The molecule has 0 aliphatic carbocycles. The Balaban J connectivity index is 2.59. The van der Waals surface area contributed by atoms with E-state index in [2.05, 4.69) is 20.9 Å². The quantitative estimate of drug-likeness (QED) is 0.750. The zero-order chi connectivity index (χ0) is 13.8. The van der Waals surface area contributed by atoms with E-state index in [9.17, 15) is 9.65 Å². The van der Waals surface area contributed by atoms with Gasteiger partial charge >= 0.3 is 0 Å². The maximum atomic E-state index is 13.8. The normalized spacial score (nSPS) is 11.7. The van der Waals surface area contributed by atoms with E-state index in [1.807, 2.05) is 6.07 Å². The van der Waals surface area contributed by atoms with Gasteiger partial charge in [0, 0.05) is 22.4 Å². The Labute approximate surface area is 123 Å². The molecule has 0 unspecified atom stereocenters. The van der Waals surface area contributed by atoms with Crippen LogP contribution in [0.3, 0.4) is 0 Å². The number of aromatic nitrogens is 1. The van der Waals surface area contributed by atoms with Crippen molar-refractivity contribution in [3.63, 3.8) is 0 Å². The molecule has 0 spiro atoms. The van der Waals surface area contributed by atoms with Gasteiger partial charge in [0.2, 0.25) is 0 Å². The third-order valence-corrected chi connectivity index (χ3v) is 3.35. The fraction of sp³-hybridized carbons (Fsp3) is 0. The zero-order valence-corrected chi connectivity index (χ0v) is 11.9. The van der Waals surface area contributed by atoms with Gasteiger partial charge in [0.15, 0.2) is 0 Å². The predicted octanol–water partition coefficient (Wildman–Crippen LogP) is 4.61. The van der Waals surface area contributed by atoms with Crippen molar-refractivity contribution in [2.24, 2.45) is 0 Å². The molecule has 19 heavy (non-hydrogen) atoms. The lowest BCUT2D eigenvalue weighted by atomic mass is 10.0. The molecule has 0 bridgehead atoms. The molecule has 0 aliphatic rings. The van der Waals surface area contributed by atoms with Gasteiger partial charge in [0.25, 0.3) is 0 Å². The molecule has 2 rings (SSSR count). The van der Waals surface area contributed by atoms with Gasteiger partial charge < -0.3 is 0 Å². The second kappa shape index (κ2) is 5.96. The molecule has 94 valence electrons. The van der Waals surface area contributed by atoms with Crippen LogP contribution in [0.4, 0.5) is 4.39 Å². The molecule has 1 aromatic heterocycles. The Morgan fingerprint density at radius 2 is 1.95 bits per heavy atom. The fourth-order valence-electron chi connectivity index (χ4n) is 1.56. The summed E-state index contributed by atoms with van der Waals surface area (Å²) in [6.07, 6.45) is 3.10. The first kappa shape index (κ1) is 13.7. The molecule has 0 atom stereocenters. The van der Waals surface area contributed by atoms with Gasteiger partial charge in [-0.3, -0.25) is 4.98 Å². The molecular weight excluding hydrogens is 331 g/mol. The molecule has 2 nitrogen and oxygen atoms in total. The van der Waals surface area contributed by atoms with Crippen LogP contribution in [-0.2, 0) is 0 Å². The highest BCUT2D eigenvalue weighted by Gasteiger charge is 2.13. The van der Waals surface area contributed by atoms with E-state index in [-0.39, 0.29) is 16.2 Å². The smallest absolute Gasteiger partial charge is 0.133 e. The van der Waals surface area contributed by atoms with Crippen LogP contribution in [0.2, 0.25) is 0 Å². The third-order valence-electron chi connectivity index (χ3n) is 2.47. The first-order valence-electron chi connectivity index (χ1n) is 5.29. The van der Waals surface area contributed by atoms with E-state index in [1.165, 1.54) is 12.1 Å². The average molecular weight is 338 g/mol. The number of pyridine rings is 1. The van der Waals surface area contributed by atoms with E-state index < -0.39 is 5.82 Å². The van der Waals surface area contributed by atoms with Crippen molar-refractivity contribution in [2.45, 2.75) is 0 Å². The Bertz CT molecular complexity index is 678. The summed E-state index contributed by atoms with van der Waals surface area (Å²) >= 11 is 9.32. The van der Waals surface area contributed by atoms with Crippen molar-refractivity contribution in [3.05, 3.63) is 64.1 Å². The number of benzene rings is 1. The van der Waals surface area contributed by atoms with E-state index in [0.717, 1.165) is 0 Å². The van der Waals surface area contributed by atoms with Gasteiger partial charge in [-0.25, -0.2) is 4.39 Å². The van der Waals surface area contributed by atoms with Crippen molar-refractivity contribution in [1.29, 1.82) is 5.26 Å². The van der Waals surface area contributed by atoms with Crippen molar-refractivity contribution in [1.82, 2.24) is 4.98 Å². The Kier molecular flexibility index (Phi) is 4.31. The summed E-state index contributed by atoms with van der Waals surface area (Å²) in [6, 6.07) is 9.80. The Hall–Kier alpha value is -1.70. The van der Waals surface area contributed by atoms with E-state index in [1.54, 1.807) is 30.6 Å². The minimum Gasteiger partial charge on any atom is -0.265 e. The number of nitriles is 1. The van der Waals surface area contributed by atoms with Gasteiger partial charge in [-0.1, -0.05) is 27.5 Å². The van der Waals surface area contributed by atoms with Gasteiger partial charge in [-0.15, -0.1) is 0 Å². The van der Waals surface area contributed by atoms with Crippen LogP contribution in [0.1, 0.15) is 11.1 Å². The van der Waals surface area contributed by atoms with Gasteiger partial charge in [-0.2, -0.15) is 5.26 Å². The fourth-order valence-corrected chi connectivity index (χ4v) is 2.20.